The monoisotopic (exact) mass is 256 g/mol. The van der Waals surface area contributed by atoms with Gasteiger partial charge < -0.3 is 10.0 Å². The van der Waals surface area contributed by atoms with Crippen molar-refractivity contribution < 1.29 is 9.90 Å². The minimum Gasteiger partial charge on any atom is -0.480 e. The molecule has 6 heteroatoms. The number of likely N-dealkylation sites (N-methyl/N-ethyl adjacent to an activating group) is 1. The van der Waals surface area contributed by atoms with E-state index in [9.17, 15) is 4.79 Å². The summed E-state index contributed by atoms with van der Waals surface area (Å²) in [5, 5.41) is 9.07. The fourth-order valence-electron chi connectivity index (χ4n) is 2.02. The second kappa shape index (κ2) is 5.34. The Hall–Kier alpha value is -0.0300. The van der Waals surface area contributed by atoms with Crippen LogP contribution in [0.1, 0.15) is 12.8 Å². The molecule has 1 aliphatic carbocycles. The minimum absolute atomic E-state index is 0. The maximum atomic E-state index is 11.0. The van der Waals surface area contributed by atoms with Gasteiger partial charge in [0.15, 0.2) is 0 Å². The third-order valence-electron chi connectivity index (χ3n) is 3.23. The Morgan fingerprint density at radius 2 is 1.60 bits per heavy atom. The summed E-state index contributed by atoms with van der Waals surface area (Å²) < 4.78 is 0. The molecule has 4 nitrogen and oxygen atoms in total. The van der Waals surface area contributed by atoms with Crippen molar-refractivity contribution in [1.29, 1.82) is 0 Å². The first-order valence-corrected chi connectivity index (χ1v) is 4.82. The first-order chi connectivity index (χ1) is 6.15. The summed E-state index contributed by atoms with van der Waals surface area (Å²) in [5.74, 6) is -0.628. The van der Waals surface area contributed by atoms with Crippen LogP contribution < -0.4 is 0 Å². The van der Waals surface area contributed by atoms with E-state index in [1.807, 2.05) is 0 Å². The van der Waals surface area contributed by atoms with Gasteiger partial charge in [0.2, 0.25) is 0 Å². The molecule has 0 spiro atoms. The van der Waals surface area contributed by atoms with Crippen LogP contribution in [-0.4, -0.2) is 59.6 Å². The van der Waals surface area contributed by atoms with Gasteiger partial charge in [0.05, 0.1) is 0 Å². The Bertz CT molecular complexity index is 226. The topological polar surface area (TPSA) is 43.8 Å². The number of piperazine rings is 1. The molecule has 0 amide bonds. The van der Waals surface area contributed by atoms with Crippen molar-refractivity contribution in [2.45, 2.75) is 18.4 Å². The highest BCUT2D eigenvalue weighted by Crippen LogP contribution is 2.42. The van der Waals surface area contributed by atoms with Crippen molar-refractivity contribution in [2.24, 2.45) is 0 Å². The molecule has 0 aromatic heterocycles. The summed E-state index contributed by atoms with van der Waals surface area (Å²) in [6.07, 6.45) is 1.68. The number of nitrogens with zero attached hydrogens (tertiary/aromatic N) is 2. The average Bonchev–Trinajstić information content (AvgIpc) is 2.86. The van der Waals surface area contributed by atoms with E-state index in [-0.39, 0.29) is 24.8 Å². The average molecular weight is 257 g/mol. The van der Waals surface area contributed by atoms with E-state index in [1.165, 1.54) is 0 Å². The van der Waals surface area contributed by atoms with E-state index in [0.717, 1.165) is 39.0 Å². The largest absolute Gasteiger partial charge is 0.480 e. The van der Waals surface area contributed by atoms with Gasteiger partial charge in [0.25, 0.3) is 0 Å². The molecule has 15 heavy (non-hydrogen) atoms. The molecule has 0 unspecified atom stereocenters. The van der Waals surface area contributed by atoms with Crippen molar-refractivity contribution in [3.63, 3.8) is 0 Å². The van der Waals surface area contributed by atoms with Crippen LogP contribution >= 0.6 is 24.8 Å². The molecule has 0 aromatic rings. The Morgan fingerprint density at radius 1 is 1.13 bits per heavy atom. The summed E-state index contributed by atoms with van der Waals surface area (Å²) in [4.78, 5) is 15.4. The van der Waals surface area contributed by atoms with Gasteiger partial charge in [-0.3, -0.25) is 9.69 Å². The van der Waals surface area contributed by atoms with Crippen LogP contribution in [0.15, 0.2) is 0 Å². The number of rotatable bonds is 2. The highest BCUT2D eigenvalue weighted by atomic mass is 35.5. The summed E-state index contributed by atoms with van der Waals surface area (Å²) in [7, 11) is 2.08. The second-order valence-electron chi connectivity index (χ2n) is 4.13. The molecule has 0 bridgehead atoms. The van der Waals surface area contributed by atoms with Crippen molar-refractivity contribution in [3.05, 3.63) is 0 Å². The molecular formula is C9H18Cl2N2O2. The van der Waals surface area contributed by atoms with Crippen LogP contribution in [0, 0.1) is 0 Å². The van der Waals surface area contributed by atoms with Crippen molar-refractivity contribution in [2.75, 3.05) is 33.2 Å². The number of hydrogen-bond acceptors (Lipinski definition) is 3. The quantitative estimate of drug-likeness (QED) is 0.790. The van der Waals surface area contributed by atoms with Crippen LogP contribution in [0.4, 0.5) is 0 Å². The van der Waals surface area contributed by atoms with Crippen LogP contribution in [0.25, 0.3) is 0 Å². The first-order valence-electron chi connectivity index (χ1n) is 4.82. The second-order valence-corrected chi connectivity index (χ2v) is 4.13. The van der Waals surface area contributed by atoms with Crippen molar-refractivity contribution in [3.8, 4) is 0 Å². The number of carboxylic acids is 1. The Kier molecular flexibility index (Phi) is 5.33. The van der Waals surface area contributed by atoms with E-state index in [1.54, 1.807) is 0 Å². The first kappa shape index (κ1) is 15.0. The molecule has 0 aromatic carbocycles. The zero-order chi connectivity index (χ0) is 9.47. The van der Waals surface area contributed by atoms with Gasteiger partial charge in [-0.2, -0.15) is 0 Å². The highest BCUT2D eigenvalue weighted by Gasteiger charge is 2.55. The molecule has 0 atom stereocenters. The molecule has 1 saturated heterocycles. The van der Waals surface area contributed by atoms with Crippen molar-refractivity contribution >= 4 is 30.8 Å². The molecule has 2 rings (SSSR count). The lowest BCUT2D eigenvalue weighted by atomic mass is 10.2. The summed E-state index contributed by atoms with van der Waals surface area (Å²) in [6.45, 7) is 3.80. The summed E-state index contributed by atoms with van der Waals surface area (Å²) >= 11 is 0. The molecule has 90 valence electrons. The van der Waals surface area contributed by atoms with E-state index < -0.39 is 11.5 Å². The maximum absolute atomic E-state index is 11.0. The van der Waals surface area contributed by atoms with Gasteiger partial charge in [-0.05, 0) is 19.9 Å². The van der Waals surface area contributed by atoms with Gasteiger partial charge in [-0.15, -0.1) is 24.8 Å². The zero-order valence-corrected chi connectivity index (χ0v) is 10.4. The van der Waals surface area contributed by atoms with E-state index in [4.69, 9.17) is 5.11 Å². The summed E-state index contributed by atoms with van der Waals surface area (Å²) in [6, 6.07) is 0. The highest BCUT2D eigenvalue weighted by molar-refractivity contribution is 5.85. The van der Waals surface area contributed by atoms with E-state index in [0.29, 0.717) is 0 Å². The lowest BCUT2D eigenvalue weighted by molar-refractivity contribution is -0.146. The number of hydrogen-bond donors (Lipinski definition) is 1. The van der Waals surface area contributed by atoms with Gasteiger partial charge in [-0.25, -0.2) is 0 Å². The predicted molar refractivity (Wildman–Crippen MR) is 63.2 cm³/mol. The third kappa shape index (κ3) is 2.75. The van der Waals surface area contributed by atoms with Crippen LogP contribution in [0.5, 0.6) is 0 Å². The third-order valence-corrected chi connectivity index (χ3v) is 3.23. The molecule has 1 aliphatic heterocycles. The number of carboxylic acid groups (broad SMARTS) is 1. The predicted octanol–water partition coefficient (Wildman–Crippen LogP) is 0.695. The summed E-state index contributed by atoms with van der Waals surface area (Å²) in [5.41, 5.74) is -0.471. The van der Waals surface area contributed by atoms with Gasteiger partial charge in [-0.1, -0.05) is 0 Å². The maximum Gasteiger partial charge on any atom is 0.324 e. The Balaban J connectivity index is 0.000000980. The smallest absolute Gasteiger partial charge is 0.324 e. The van der Waals surface area contributed by atoms with Crippen LogP contribution in [0.2, 0.25) is 0 Å². The molecule has 2 fully saturated rings. The zero-order valence-electron chi connectivity index (χ0n) is 8.81. The Morgan fingerprint density at radius 3 is 1.93 bits per heavy atom. The molecule has 1 N–H and O–H groups in total. The SMILES string of the molecule is CN1CCN(C2(C(=O)O)CC2)CC1.Cl.Cl. The molecule has 1 saturated carbocycles. The lowest BCUT2D eigenvalue weighted by Crippen LogP contribution is -2.53. The normalized spacial score (nSPS) is 24.9. The lowest BCUT2D eigenvalue weighted by Gasteiger charge is -2.36. The fraction of sp³-hybridized carbons (Fsp3) is 0.889. The van der Waals surface area contributed by atoms with Crippen LogP contribution in [-0.2, 0) is 4.79 Å². The molecule has 1 heterocycles. The Labute approximate surface area is 102 Å². The number of halogens is 2. The fourth-order valence-corrected chi connectivity index (χ4v) is 2.02. The minimum atomic E-state index is -0.628. The standard InChI is InChI=1S/C9H16N2O2.2ClH/c1-10-4-6-11(7-5-10)9(2-3-9)8(12)13;;/h2-7H2,1H3,(H,12,13);2*1H. The van der Waals surface area contributed by atoms with E-state index >= 15 is 0 Å². The van der Waals surface area contributed by atoms with Crippen LogP contribution in [0.3, 0.4) is 0 Å². The molecule has 0 radical (unpaired) electrons. The number of carbonyl (C=O) groups is 1. The molecule has 2 aliphatic rings. The molecular weight excluding hydrogens is 239 g/mol. The van der Waals surface area contributed by atoms with Gasteiger partial charge in [0, 0.05) is 26.2 Å². The number of aliphatic carboxylic acids is 1. The van der Waals surface area contributed by atoms with E-state index in [2.05, 4.69) is 16.8 Å². The van der Waals surface area contributed by atoms with Gasteiger partial charge >= 0.3 is 5.97 Å². The van der Waals surface area contributed by atoms with Crippen molar-refractivity contribution in [1.82, 2.24) is 9.80 Å². The van der Waals surface area contributed by atoms with Gasteiger partial charge in [0.1, 0.15) is 5.54 Å².